The Morgan fingerprint density at radius 1 is 1.09 bits per heavy atom. The molecule has 7 nitrogen and oxygen atoms in total. The van der Waals surface area contributed by atoms with Gasteiger partial charge < -0.3 is 20.1 Å². The predicted molar refractivity (Wildman–Crippen MR) is 126 cm³/mol. The minimum atomic E-state index is -0.808. The van der Waals surface area contributed by atoms with E-state index in [1.54, 1.807) is 4.90 Å². The van der Waals surface area contributed by atoms with Gasteiger partial charge in [-0.05, 0) is 41.0 Å². The number of nitrogens with one attached hydrogen (secondary N) is 1. The van der Waals surface area contributed by atoms with Crippen LogP contribution in [0.4, 0.5) is 4.79 Å². The Morgan fingerprint density at radius 3 is 2.26 bits per heavy atom. The van der Waals surface area contributed by atoms with Crippen LogP contribution in [0, 0.1) is 17.3 Å². The summed E-state index contributed by atoms with van der Waals surface area (Å²) in [5.41, 5.74) is 4.48. The zero-order valence-electron chi connectivity index (χ0n) is 19.3. The van der Waals surface area contributed by atoms with Crippen LogP contribution in [0.2, 0.25) is 0 Å². The van der Waals surface area contributed by atoms with Crippen molar-refractivity contribution in [1.82, 2.24) is 10.2 Å². The van der Waals surface area contributed by atoms with Gasteiger partial charge in [-0.2, -0.15) is 0 Å². The molecule has 0 radical (unpaired) electrons. The number of hydrogen-bond donors (Lipinski definition) is 2. The van der Waals surface area contributed by atoms with Crippen molar-refractivity contribution in [1.29, 1.82) is 0 Å². The molecule has 5 rings (SSSR count). The van der Waals surface area contributed by atoms with Gasteiger partial charge >= 0.3 is 12.1 Å². The molecule has 1 saturated heterocycles. The van der Waals surface area contributed by atoms with Gasteiger partial charge in [0.15, 0.2) is 0 Å². The third kappa shape index (κ3) is 4.15. The summed E-state index contributed by atoms with van der Waals surface area (Å²) in [5.74, 6) is -1.38. The molecule has 2 fully saturated rings. The molecular formula is C27H30N2O5. The van der Waals surface area contributed by atoms with Gasteiger partial charge in [-0.3, -0.25) is 9.59 Å². The maximum absolute atomic E-state index is 12.7. The number of carbonyl (C=O) groups is 3. The SMILES string of the molecule is CC(CNC(=O)OCC1c2ccccc2-c2ccccc21)CC(=O)N1CC(C(=O)O)C2(CC2)C1. The highest BCUT2D eigenvalue weighted by atomic mass is 16.5. The average molecular weight is 463 g/mol. The summed E-state index contributed by atoms with van der Waals surface area (Å²) in [6.45, 7) is 3.30. The van der Waals surface area contributed by atoms with Crippen LogP contribution in [0.5, 0.6) is 0 Å². The Labute approximate surface area is 199 Å². The second-order valence-corrected chi connectivity index (χ2v) is 10.0. The summed E-state index contributed by atoms with van der Waals surface area (Å²) in [6, 6.07) is 16.4. The summed E-state index contributed by atoms with van der Waals surface area (Å²) < 4.78 is 5.56. The van der Waals surface area contributed by atoms with E-state index in [0.29, 0.717) is 19.6 Å². The van der Waals surface area contributed by atoms with E-state index in [4.69, 9.17) is 4.74 Å². The largest absolute Gasteiger partial charge is 0.481 e. The molecule has 7 heteroatoms. The van der Waals surface area contributed by atoms with Crippen LogP contribution in [-0.2, 0) is 14.3 Å². The lowest BCUT2D eigenvalue weighted by atomic mass is 9.93. The molecule has 2 N–H and O–H groups in total. The quantitative estimate of drug-likeness (QED) is 0.651. The van der Waals surface area contributed by atoms with Crippen LogP contribution in [0.25, 0.3) is 11.1 Å². The smallest absolute Gasteiger partial charge is 0.407 e. The van der Waals surface area contributed by atoms with E-state index in [1.165, 1.54) is 11.1 Å². The lowest BCUT2D eigenvalue weighted by Gasteiger charge is -2.19. The van der Waals surface area contributed by atoms with Gasteiger partial charge in [0.2, 0.25) is 5.91 Å². The fraction of sp³-hybridized carbons (Fsp3) is 0.444. The lowest BCUT2D eigenvalue weighted by molar-refractivity contribution is -0.143. The normalized spacial score (nSPS) is 20.5. The zero-order chi connectivity index (χ0) is 23.9. The maximum atomic E-state index is 12.7. The molecular weight excluding hydrogens is 432 g/mol. The van der Waals surface area contributed by atoms with Crippen LogP contribution in [0.1, 0.15) is 43.2 Å². The first-order valence-electron chi connectivity index (χ1n) is 12.0. The van der Waals surface area contributed by atoms with Gasteiger partial charge in [-0.1, -0.05) is 55.5 Å². The number of alkyl carbamates (subject to hydrolysis) is 1. The highest BCUT2D eigenvalue weighted by molar-refractivity contribution is 5.80. The highest BCUT2D eigenvalue weighted by Gasteiger charge is 2.58. The third-order valence-corrected chi connectivity index (χ3v) is 7.65. The van der Waals surface area contributed by atoms with Crippen LogP contribution in [0.3, 0.4) is 0 Å². The van der Waals surface area contributed by atoms with Crippen molar-refractivity contribution >= 4 is 18.0 Å². The fourth-order valence-corrected chi connectivity index (χ4v) is 5.57. The van der Waals surface area contributed by atoms with Crippen molar-refractivity contribution in [3.05, 3.63) is 59.7 Å². The molecule has 2 unspecified atom stereocenters. The van der Waals surface area contributed by atoms with E-state index in [0.717, 1.165) is 24.0 Å². The first kappa shape index (κ1) is 22.4. The molecule has 178 valence electrons. The first-order chi connectivity index (χ1) is 16.4. The number of likely N-dealkylation sites (tertiary alicyclic amines) is 1. The molecule has 1 heterocycles. The number of ether oxygens (including phenoxy) is 1. The van der Waals surface area contributed by atoms with Crippen LogP contribution in [0.15, 0.2) is 48.5 Å². The molecule has 2 amide bonds. The molecule has 1 spiro atoms. The molecule has 1 saturated carbocycles. The number of benzene rings is 2. The monoisotopic (exact) mass is 462 g/mol. The standard InChI is InChI=1S/C27H30N2O5/c1-17(12-24(30)29-14-23(25(31)32)27(16-29)10-11-27)13-28-26(33)34-15-22-20-8-4-2-6-18(20)19-7-3-5-9-21(19)22/h2-9,17,22-23H,10-16H2,1H3,(H,28,33)(H,31,32). The number of carbonyl (C=O) groups excluding carboxylic acids is 2. The Bertz CT molecular complexity index is 1080. The minimum absolute atomic E-state index is 0.00393. The van der Waals surface area contributed by atoms with Crippen LogP contribution in [-0.4, -0.2) is 54.2 Å². The van der Waals surface area contributed by atoms with Crippen molar-refractivity contribution in [3.63, 3.8) is 0 Å². The van der Waals surface area contributed by atoms with Gasteiger partial charge in [-0.15, -0.1) is 0 Å². The first-order valence-corrected chi connectivity index (χ1v) is 12.0. The summed E-state index contributed by atoms with van der Waals surface area (Å²) >= 11 is 0. The Balaban J connectivity index is 1.10. The predicted octanol–water partition coefficient (Wildman–Crippen LogP) is 3.87. The number of carboxylic acid groups (broad SMARTS) is 1. The number of amides is 2. The van der Waals surface area contributed by atoms with Crippen molar-refractivity contribution in [2.24, 2.45) is 17.3 Å². The average Bonchev–Trinajstić information content (AvgIpc) is 3.37. The number of aliphatic carboxylic acids is 1. The molecule has 0 bridgehead atoms. The van der Waals surface area contributed by atoms with E-state index in [9.17, 15) is 19.5 Å². The minimum Gasteiger partial charge on any atom is -0.481 e. The molecule has 2 aliphatic carbocycles. The lowest BCUT2D eigenvalue weighted by Crippen LogP contribution is -2.35. The Morgan fingerprint density at radius 2 is 1.71 bits per heavy atom. The van der Waals surface area contributed by atoms with Crippen molar-refractivity contribution in [3.8, 4) is 11.1 Å². The molecule has 1 aliphatic heterocycles. The zero-order valence-corrected chi connectivity index (χ0v) is 19.3. The number of carboxylic acids is 1. The van der Waals surface area contributed by atoms with Gasteiger partial charge in [0.05, 0.1) is 5.92 Å². The van der Waals surface area contributed by atoms with Gasteiger partial charge in [-0.25, -0.2) is 4.79 Å². The van der Waals surface area contributed by atoms with Gasteiger partial charge in [0.1, 0.15) is 6.61 Å². The molecule has 2 aromatic carbocycles. The highest BCUT2D eigenvalue weighted by Crippen LogP contribution is 2.56. The Hall–Kier alpha value is -3.35. The second-order valence-electron chi connectivity index (χ2n) is 10.0. The van der Waals surface area contributed by atoms with Crippen LogP contribution >= 0.6 is 0 Å². The number of rotatable bonds is 7. The van der Waals surface area contributed by atoms with E-state index in [1.807, 2.05) is 31.2 Å². The maximum Gasteiger partial charge on any atom is 0.407 e. The Kier molecular flexibility index (Phi) is 5.80. The fourth-order valence-electron chi connectivity index (χ4n) is 5.57. The molecule has 2 atom stereocenters. The summed E-state index contributed by atoms with van der Waals surface area (Å²) in [4.78, 5) is 38.3. The van der Waals surface area contributed by atoms with Crippen LogP contribution < -0.4 is 5.32 Å². The topological polar surface area (TPSA) is 95.9 Å². The molecule has 3 aliphatic rings. The third-order valence-electron chi connectivity index (χ3n) is 7.65. The van der Waals surface area contributed by atoms with Crippen molar-refractivity contribution < 1.29 is 24.2 Å². The van der Waals surface area contributed by atoms with E-state index < -0.39 is 18.0 Å². The molecule has 2 aromatic rings. The summed E-state index contributed by atoms with van der Waals surface area (Å²) in [7, 11) is 0. The molecule has 0 aromatic heterocycles. The van der Waals surface area contributed by atoms with Gasteiger partial charge in [0, 0.05) is 37.4 Å². The van der Waals surface area contributed by atoms with Crippen molar-refractivity contribution in [2.45, 2.75) is 32.1 Å². The van der Waals surface area contributed by atoms with E-state index in [2.05, 4.69) is 29.6 Å². The molecule has 34 heavy (non-hydrogen) atoms. The van der Waals surface area contributed by atoms with E-state index >= 15 is 0 Å². The summed E-state index contributed by atoms with van der Waals surface area (Å²) in [5, 5.41) is 12.2. The summed E-state index contributed by atoms with van der Waals surface area (Å²) in [6.07, 6.45) is 1.54. The van der Waals surface area contributed by atoms with Crippen molar-refractivity contribution in [2.75, 3.05) is 26.2 Å². The number of hydrogen-bond acceptors (Lipinski definition) is 4. The number of fused-ring (bicyclic) bond motifs is 3. The second kappa shape index (κ2) is 8.78. The van der Waals surface area contributed by atoms with E-state index in [-0.39, 0.29) is 36.2 Å². The van der Waals surface area contributed by atoms with Gasteiger partial charge in [0.25, 0.3) is 0 Å². The number of nitrogens with zero attached hydrogens (tertiary/aromatic N) is 1.